The number of nitrogens with zero attached hydrogens (tertiary/aromatic N) is 3. The van der Waals surface area contributed by atoms with Crippen LogP contribution < -0.4 is 10.5 Å². The van der Waals surface area contributed by atoms with E-state index in [-0.39, 0.29) is 12.3 Å². The summed E-state index contributed by atoms with van der Waals surface area (Å²) in [5.74, 6) is 2.62. The second-order valence-electron chi connectivity index (χ2n) is 6.38. The Balaban J connectivity index is 1.92. The Bertz CT molecular complexity index is 700. The van der Waals surface area contributed by atoms with Gasteiger partial charge in [0, 0.05) is 25.1 Å². The first kappa shape index (κ1) is 19.3. The summed E-state index contributed by atoms with van der Waals surface area (Å²) in [4.78, 5) is 11.0. The van der Waals surface area contributed by atoms with Crippen molar-refractivity contribution in [3.63, 3.8) is 0 Å². The van der Waals surface area contributed by atoms with Gasteiger partial charge in [-0.25, -0.2) is 0 Å². The lowest BCUT2D eigenvalue weighted by atomic mass is 10.2. The van der Waals surface area contributed by atoms with E-state index in [2.05, 4.69) is 28.6 Å². The first-order valence-corrected chi connectivity index (χ1v) is 9.47. The lowest BCUT2D eigenvalue weighted by molar-refractivity contribution is -0.118. The molecule has 0 fully saturated rings. The molecule has 0 saturated carbocycles. The van der Waals surface area contributed by atoms with E-state index in [4.69, 9.17) is 10.5 Å². The average Bonchev–Trinajstić information content (AvgIpc) is 2.91. The minimum absolute atomic E-state index is 0.289. The number of benzene rings is 1. The van der Waals surface area contributed by atoms with Crippen LogP contribution in [0.15, 0.2) is 29.4 Å². The quantitative estimate of drug-likeness (QED) is 0.519. The van der Waals surface area contributed by atoms with Gasteiger partial charge < -0.3 is 15.0 Å². The van der Waals surface area contributed by atoms with Crippen LogP contribution in [0.1, 0.15) is 31.7 Å². The van der Waals surface area contributed by atoms with Crippen molar-refractivity contribution < 1.29 is 9.53 Å². The molecule has 6 nitrogen and oxygen atoms in total. The molecule has 1 amide bonds. The van der Waals surface area contributed by atoms with Gasteiger partial charge in [-0.15, -0.1) is 10.2 Å². The van der Waals surface area contributed by atoms with Crippen LogP contribution in [0.3, 0.4) is 0 Å². The van der Waals surface area contributed by atoms with Gasteiger partial charge in [0.1, 0.15) is 11.6 Å². The monoisotopic (exact) mass is 362 g/mol. The van der Waals surface area contributed by atoms with Crippen molar-refractivity contribution in [3.05, 3.63) is 35.7 Å². The number of primary amides is 1. The van der Waals surface area contributed by atoms with Gasteiger partial charge in [-0.3, -0.25) is 4.79 Å². The summed E-state index contributed by atoms with van der Waals surface area (Å²) in [6.45, 7) is 7.76. The van der Waals surface area contributed by atoms with Crippen molar-refractivity contribution in [1.29, 1.82) is 0 Å². The molecule has 1 heterocycles. The highest BCUT2D eigenvalue weighted by atomic mass is 32.2. The summed E-state index contributed by atoms with van der Waals surface area (Å²) < 4.78 is 7.86. The molecule has 2 rings (SSSR count). The van der Waals surface area contributed by atoms with Gasteiger partial charge >= 0.3 is 0 Å². The molecule has 7 heteroatoms. The van der Waals surface area contributed by atoms with Crippen molar-refractivity contribution in [2.45, 2.75) is 45.3 Å². The third-order valence-electron chi connectivity index (χ3n) is 3.51. The Kier molecular flexibility index (Phi) is 7.31. The third-order valence-corrected chi connectivity index (χ3v) is 4.44. The number of hydrogen-bond donors (Lipinski definition) is 1. The van der Waals surface area contributed by atoms with E-state index in [1.165, 1.54) is 5.56 Å². The molecule has 0 aliphatic rings. The van der Waals surface area contributed by atoms with Gasteiger partial charge in [0.2, 0.25) is 5.91 Å². The molecule has 0 spiro atoms. The van der Waals surface area contributed by atoms with Crippen LogP contribution in [0.5, 0.6) is 5.75 Å². The lowest BCUT2D eigenvalue weighted by Crippen LogP contribution is -2.15. The zero-order valence-corrected chi connectivity index (χ0v) is 15.9. The molecular formula is C18H26N4O2S. The standard InChI is InChI=1S/C18H26N4O2S/c1-13(2)12-22-17(8-7-16(19)23)20-21-18(22)25-10-9-24-15-6-4-5-14(3)11-15/h4-6,11,13H,7-10,12H2,1-3H3,(H2,19,23). The van der Waals surface area contributed by atoms with Crippen LogP contribution in [0.2, 0.25) is 0 Å². The maximum atomic E-state index is 11.0. The second kappa shape index (κ2) is 9.46. The molecule has 0 aliphatic carbocycles. The number of thioether (sulfide) groups is 1. The topological polar surface area (TPSA) is 83.0 Å². The minimum atomic E-state index is -0.320. The summed E-state index contributed by atoms with van der Waals surface area (Å²) in [7, 11) is 0. The van der Waals surface area contributed by atoms with Crippen molar-refractivity contribution in [1.82, 2.24) is 14.8 Å². The van der Waals surface area contributed by atoms with E-state index in [9.17, 15) is 4.79 Å². The summed E-state index contributed by atoms with van der Waals surface area (Å²) >= 11 is 1.62. The highest BCUT2D eigenvalue weighted by Gasteiger charge is 2.14. The number of rotatable bonds is 10. The van der Waals surface area contributed by atoms with Crippen LogP contribution in [-0.2, 0) is 17.8 Å². The van der Waals surface area contributed by atoms with Crippen LogP contribution in [-0.4, -0.2) is 33.0 Å². The summed E-state index contributed by atoms with van der Waals surface area (Å²) in [6.07, 6.45) is 0.812. The first-order valence-electron chi connectivity index (χ1n) is 8.48. The van der Waals surface area contributed by atoms with E-state index >= 15 is 0 Å². The molecule has 2 N–H and O–H groups in total. The number of hydrogen-bond acceptors (Lipinski definition) is 5. The van der Waals surface area contributed by atoms with Gasteiger partial charge in [-0.05, 0) is 30.5 Å². The number of nitrogens with two attached hydrogens (primary N) is 1. The van der Waals surface area contributed by atoms with Gasteiger partial charge in [0.05, 0.1) is 6.61 Å². The Labute approximate surface area is 153 Å². The van der Waals surface area contributed by atoms with Crippen LogP contribution in [0.25, 0.3) is 0 Å². The van der Waals surface area contributed by atoms with Gasteiger partial charge in [0.25, 0.3) is 0 Å². The van der Waals surface area contributed by atoms with E-state index in [1.54, 1.807) is 11.8 Å². The van der Waals surface area contributed by atoms with Crippen LogP contribution in [0, 0.1) is 12.8 Å². The fourth-order valence-electron chi connectivity index (χ4n) is 2.39. The SMILES string of the molecule is Cc1cccc(OCCSc2nnc(CCC(N)=O)n2CC(C)C)c1. The third kappa shape index (κ3) is 6.42. The fraction of sp³-hybridized carbons (Fsp3) is 0.500. The smallest absolute Gasteiger partial charge is 0.217 e. The van der Waals surface area contributed by atoms with E-state index in [0.717, 1.165) is 29.0 Å². The summed E-state index contributed by atoms with van der Waals surface area (Å²) in [5, 5.41) is 9.37. The molecule has 0 aliphatic heterocycles. The molecule has 0 saturated heterocycles. The van der Waals surface area contributed by atoms with Crippen LogP contribution >= 0.6 is 11.8 Å². The summed E-state index contributed by atoms with van der Waals surface area (Å²) in [6, 6.07) is 8.01. The number of aromatic nitrogens is 3. The average molecular weight is 362 g/mol. The molecule has 25 heavy (non-hydrogen) atoms. The number of carbonyl (C=O) groups excluding carboxylic acids is 1. The number of carbonyl (C=O) groups is 1. The highest BCUT2D eigenvalue weighted by molar-refractivity contribution is 7.99. The minimum Gasteiger partial charge on any atom is -0.493 e. The lowest BCUT2D eigenvalue weighted by Gasteiger charge is -2.12. The predicted molar refractivity (Wildman–Crippen MR) is 99.8 cm³/mol. The molecule has 0 radical (unpaired) electrons. The van der Waals surface area contributed by atoms with Crippen LogP contribution in [0.4, 0.5) is 0 Å². The van der Waals surface area contributed by atoms with Gasteiger partial charge in [-0.2, -0.15) is 0 Å². The fourth-order valence-corrected chi connectivity index (χ4v) is 3.18. The van der Waals surface area contributed by atoms with Crippen molar-refractivity contribution in [2.75, 3.05) is 12.4 Å². The van der Waals surface area contributed by atoms with E-state index < -0.39 is 0 Å². The van der Waals surface area contributed by atoms with Crippen molar-refractivity contribution in [3.8, 4) is 5.75 Å². The number of aryl methyl sites for hydroxylation is 2. The maximum Gasteiger partial charge on any atom is 0.217 e. The second-order valence-corrected chi connectivity index (χ2v) is 7.45. The Morgan fingerprint density at radius 1 is 1.36 bits per heavy atom. The predicted octanol–water partition coefficient (Wildman–Crippen LogP) is 2.83. The largest absolute Gasteiger partial charge is 0.493 e. The Hall–Kier alpha value is -2.02. The van der Waals surface area contributed by atoms with Crippen molar-refractivity contribution >= 4 is 17.7 Å². The normalized spacial score (nSPS) is 11.0. The first-order chi connectivity index (χ1) is 12.0. The zero-order valence-electron chi connectivity index (χ0n) is 15.1. The van der Waals surface area contributed by atoms with E-state index in [0.29, 0.717) is 18.9 Å². The summed E-state index contributed by atoms with van der Waals surface area (Å²) in [5.41, 5.74) is 6.43. The maximum absolute atomic E-state index is 11.0. The van der Waals surface area contributed by atoms with Gasteiger partial charge in [0.15, 0.2) is 5.16 Å². The highest BCUT2D eigenvalue weighted by Crippen LogP contribution is 2.20. The molecule has 1 aromatic carbocycles. The Morgan fingerprint density at radius 3 is 2.84 bits per heavy atom. The number of ether oxygens (including phenoxy) is 1. The zero-order chi connectivity index (χ0) is 18.2. The van der Waals surface area contributed by atoms with Gasteiger partial charge in [-0.1, -0.05) is 37.7 Å². The van der Waals surface area contributed by atoms with Crippen molar-refractivity contribution in [2.24, 2.45) is 11.7 Å². The molecule has 0 unspecified atom stereocenters. The molecule has 136 valence electrons. The molecule has 1 aromatic heterocycles. The number of amides is 1. The molecular weight excluding hydrogens is 336 g/mol. The molecule has 0 atom stereocenters. The molecule has 0 bridgehead atoms. The van der Waals surface area contributed by atoms with E-state index in [1.807, 2.05) is 31.2 Å². The Morgan fingerprint density at radius 2 is 2.16 bits per heavy atom. The molecule has 2 aromatic rings.